The Morgan fingerprint density at radius 2 is 1.63 bits per heavy atom. The van der Waals surface area contributed by atoms with Gasteiger partial charge in [-0.25, -0.2) is 4.39 Å². The van der Waals surface area contributed by atoms with E-state index < -0.39 is 52.6 Å². The number of hydrogen-bond acceptors (Lipinski definition) is 7. The molecule has 8 rings (SSSR count). The summed E-state index contributed by atoms with van der Waals surface area (Å²) in [4.78, 5) is 59.7. The van der Waals surface area contributed by atoms with Gasteiger partial charge in [-0.3, -0.25) is 29.5 Å². The Balaban J connectivity index is 1.32. The molecule has 2 saturated heterocycles. The third kappa shape index (κ3) is 4.88. The number of halogens is 2. The van der Waals surface area contributed by atoms with Gasteiger partial charge in [0.05, 0.1) is 41.7 Å². The molecule has 2 aliphatic heterocycles. The SMILES string of the molecule is C=Cc1ccc(N2C(=O)[C@H]3[C@H](CC=C4[C@H]3C[C@H]3C(=O)N(Nc5ccc(F)cc5)C(=O)[C@@]3(c3ccc(Cl)cc3)[C@H]4c3ccc(OC)c(O)c3)C2=O)cc1. The second kappa shape index (κ2) is 12.5. The first-order valence-corrected chi connectivity index (χ1v) is 17.3. The number of allylic oxidation sites excluding steroid dienone is 2. The number of imide groups is 2. The minimum atomic E-state index is -1.57. The highest BCUT2D eigenvalue weighted by Gasteiger charge is 2.70. The minimum Gasteiger partial charge on any atom is -0.504 e. The number of amides is 4. The number of hydrazine groups is 1. The molecule has 4 amide bonds. The fraction of sp³-hybridized carbons (Fsp3) is 0.220. The Hall–Kier alpha value is -5.74. The topological polar surface area (TPSA) is 116 Å². The van der Waals surface area contributed by atoms with Gasteiger partial charge in [-0.1, -0.05) is 66.2 Å². The van der Waals surface area contributed by atoms with Crippen LogP contribution in [0.2, 0.25) is 5.02 Å². The number of fused-ring (bicyclic) bond motifs is 4. The lowest BCUT2D eigenvalue weighted by molar-refractivity contribution is -0.138. The van der Waals surface area contributed by atoms with Crippen molar-refractivity contribution < 1.29 is 33.4 Å². The molecular weight excluding hydrogens is 685 g/mol. The third-order valence-electron chi connectivity index (χ3n) is 11.2. The maximum Gasteiger partial charge on any atom is 0.260 e. The van der Waals surface area contributed by atoms with Crippen molar-refractivity contribution in [3.8, 4) is 11.5 Å². The minimum absolute atomic E-state index is 0.0860. The number of phenolic OH excluding ortho intramolecular Hbond substituents is 1. The zero-order valence-corrected chi connectivity index (χ0v) is 28.7. The lowest BCUT2D eigenvalue weighted by Gasteiger charge is -2.50. The van der Waals surface area contributed by atoms with Gasteiger partial charge in [0, 0.05) is 10.9 Å². The fourth-order valence-corrected chi connectivity index (χ4v) is 9.06. The first-order valence-electron chi connectivity index (χ1n) is 16.9. The highest BCUT2D eigenvalue weighted by Crippen LogP contribution is 2.64. The zero-order chi connectivity index (χ0) is 36.5. The average Bonchev–Trinajstić information content (AvgIpc) is 3.53. The summed E-state index contributed by atoms with van der Waals surface area (Å²) in [7, 11) is 1.43. The largest absolute Gasteiger partial charge is 0.504 e. The van der Waals surface area contributed by atoms with E-state index in [0.29, 0.717) is 27.5 Å². The molecule has 4 aromatic carbocycles. The zero-order valence-electron chi connectivity index (χ0n) is 28.0. The highest BCUT2D eigenvalue weighted by atomic mass is 35.5. The molecule has 0 unspecified atom stereocenters. The fourth-order valence-electron chi connectivity index (χ4n) is 8.93. The maximum absolute atomic E-state index is 15.2. The number of nitrogens with zero attached hydrogens (tertiary/aromatic N) is 2. The van der Waals surface area contributed by atoms with E-state index >= 15 is 4.79 Å². The molecule has 4 aromatic rings. The van der Waals surface area contributed by atoms with Crippen LogP contribution in [0.4, 0.5) is 15.8 Å². The van der Waals surface area contributed by atoms with E-state index in [1.54, 1.807) is 66.7 Å². The van der Waals surface area contributed by atoms with E-state index in [2.05, 4.69) is 12.0 Å². The predicted molar refractivity (Wildman–Crippen MR) is 193 cm³/mol. The molecule has 2 heterocycles. The van der Waals surface area contributed by atoms with Gasteiger partial charge in [-0.15, -0.1) is 0 Å². The number of nitrogens with one attached hydrogen (secondary N) is 1. The summed E-state index contributed by atoms with van der Waals surface area (Å²) in [5, 5.41) is 12.5. The van der Waals surface area contributed by atoms with Crippen molar-refractivity contribution in [2.24, 2.45) is 23.7 Å². The van der Waals surface area contributed by atoms with Crippen LogP contribution in [0.3, 0.4) is 0 Å². The first kappa shape index (κ1) is 33.4. The van der Waals surface area contributed by atoms with Crippen LogP contribution in [0.1, 0.15) is 35.4 Å². The van der Waals surface area contributed by atoms with Crippen LogP contribution in [0, 0.1) is 29.5 Å². The number of anilines is 2. The number of rotatable bonds is 7. The molecule has 0 spiro atoms. The number of carbonyl (C=O) groups is 4. The van der Waals surface area contributed by atoms with Crippen LogP contribution < -0.4 is 15.1 Å². The Bertz CT molecular complexity index is 2190. The first-order chi connectivity index (χ1) is 25.1. The van der Waals surface area contributed by atoms with E-state index in [1.807, 2.05) is 6.08 Å². The van der Waals surface area contributed by atoms with Crippen molar-refractivity contribution in [2.75, 3.05) is 17.4 Å². The molecule has 3 fully saturated rings. The van der Waals surface area contributed by atoms with Crippen LogP contribution >= 0.6 is 11.6 Å². The number of methoxy groups -OCH3 is 1. The van der Waals surface area contributed by atoms with E-state index in [9.17, 15) is 23.9 Å². The van der Waals surface area contributed by atoms with Crippen LogP contribution in [0.15, 0.2) is 109 Å². The molecular formula is C41H33ClFN3O6. The third-order valence-corrected chi connectivity index (χ3v) is 11.4. The van der Waals surface area contributed by atoms with Crippen molar-refractivity contribution >= 4 is 52.7 Å². The van der Waals surface area contributed by atoms with Crippen LogP contribution in [-0.4, -0.2) is 40.9 Å². The van der Waals surface area contributed by atoms with Gasteiger partial charge in [0.2, 0.25) is 11.8 Å². The monoisotopic (exact) mass is 717 g/mol. The highest BCUT2D eigenvalue weighted by molar-refractivity contribution is 6.30. The second-order valence-corrected chi connectivity index (χ2v) is 14.0. The molecule has 4 aliphatic rings. The maximum atomic E-state index is 15.2. The Labute approximate surface area is 303 Å². The Morgan fingerprint density at radius 3 is 2.29 bits per heavy atom. The lowest BCUT2D eigenvalue weighted by atomic mass is 9.49. The molecule has 6 atom stereocenters. The quantitative estimate of drug-likeness (QED) is 0.156. The Morgan fingerprint density at radius 1 is 0.923 bits per heavy atom. The number of carbonyl (C=O) groups excluding carboxylic acids is 4. The number of ether oxygens (including phenoxy) is 1. The number of phenols is 1. The van der Waals surface area contributed by atoms with Crippen molar-refractivity contribution in [2.45, 2.75) is 24.2 Å². The molecule has 2 N–H and O–H groups in total. The second-order valence-electron chi connectivity index (χ2n) is 13.6. The van der Waals surface area contributed by atoms with E-state index in [-0.39, 0.29) is 36.2 Å². The van der Waals surface area contributed by atoms with Crippen molar-refractivity contribution in [1.82, 2.24) is 5.01 Å². The van der Waals surface area contributed by atoms with Gasteiger partial charge >= 0.3 is 0 Å². The lowest BCUT2D eigenvalue weighted by Crippen LogP contribution is -2.53. The normalized spacial score (nSPS) is 26.4. The van der Waals surface area contributed by atoms with E-state index in [4.69, 9.17) is 16.3 Å². The summed E-state index contributed by atoms with van der Waals surface area (Å²) in [6, 6.07) is 23.9. The molecule has 52 heavy (non-hydrogen) atoms. The van der Waals surface area contributed by atoms with Gasteiger partial charge in [0.1, 0.15) is 5.82 Å². The van der Waals surface area contributed by atoms with Crippen molar-refractivity contribution in [1.29, 1.82) is 0 Å². The average molecular weight is 718 g/mol. The summed E-state index contributed by atoms with van der Waals surface area (Å²) in [5.74, 6) is -6.19. The standard InChI is InChI=1S/C41H33ClFN3O6/c1-3-22-4-15-28(16-5-22)45-37(48)30-18-17-29-31(35(30)39(45)50)21-32-38(49)46(44-27-13-11-26(43)12-14-27)40(51)41(32,24-7-9-25(42)10-8-24)36(29)23-6-19-34(52-2)33(47)20-23/h3-17,19-20,30-32,35-36,44,47H,1,18,21H2,2H3/t30-,31+,32-,35-,36-,41+/m0/s1. The number of aromatic hydroxyl groups is 1. The Kier molecular flexibility index (Phi) is 8.02. The van der Waals surface area contributed by atoms with Gasteiger partial charge in [-0.05, 0) is 96.1 Å². The van der Waals surface area contributed by atoms with Gasteiger partial charge in [-0.2, -0.15) is 5.01 Å². The number of benzene rings is 4. The van der Waals surface area contributed by atoms with Crippen LogP contribution in [0.5, 0.6) is 11.5 Å². The summed E-state index contributed by atoms with van der Waals surface area (Å²) in [5.41, 5.74) is 4.72. The van der Waals surface area contributed by atoms with Crippen LogP contribution in [-0.2, 0) is 24.6 Å². The molecule has 11 heteroatoms. The molecule has 0 radical (unpaired) electrons. The van der Waals surface area contributed by atoms with Gasteiger partial charge in [0.15, 0.2) is 11.5 Å². The smallest absolute Gasteiger partial charge is 0.260 e. The van der Waals surface area contributed by atoms with Gasteiger partial charge < -0.3 is 9.84 Å². The molecule has 1 saturated carbocycles. The molecule has 0 aromatic heterocycles. The summed E-state index contributed by atoms with van der Waals surface area (Å²) in [6.45, 7) is 3.78. The molecule has 9 nitrogen and oxygen atoms in total. The summed E-state index contributed by atoms with van der Waals surface area (Å²) in [6.07, 6.45) is 3.94. The van der Waals surface area contributed by atoms with E-state index in [0.717, 1.165) is 16.1 Å². The van der Waals surface area contributed by atoms with Crippen LogP contribution in [0.25, 0.3) is 6.08 Å². The van der Waals surface area contributed by atoms with Crippen molar-refractivity contribution in [3.63, 3.8) is 0 Å². The molecule has 0 bridgehead atoms. The summed E-state index contributed by atoms with van der Waals surface area (Å²) < 4.78 is 19.2. The number of hydrogen-bond donors (Lipinski definition) is 2. The molecule has 262 valence electrons. The predicted octanol–water partition coefficient (Wildman–Crippen LogP) is 7.03. The van der Waals surface area contributed by atoms with Gasteiger partial charge in [0.25, 0.3) is 11.8 Å². The molecule has 2 aliphatic carbocycles. The van der Waals surface area contributed by atoms with Crippen molar-refractivity contribution in [3.05, 3.63) is 137 Å². The summed E-state index contributed by atoms with van der Waals surface area (Å²) >= 11 is 6.35. The van der Waals surface area contributed by atoms with E-state index in [1.165, 1.54) is 42.3 Å².